The molecule has 1 heterocycles. The van der Waals surface area contributed by atoms with E-state index in [2.05, 4.69) is 24.0 Å². The standard InChI is InChI=1S/C13H23N3O/c1-3-11(14)8-12-15-13(16-17-12)10-6-4-5-9(2)7-10/h9-11H,3-8,14H2,1-2H3. The highest BCUT2D eigenvalue weighted by atomic mass is 16.5. The van der Waals surface area contributed by atoms with Gasteiger partial charge in [-0.15, -0.1) is 0 Å². The lowest BCUT2D eigenvalue weighted by Gasteiger charge is -2.23. The molecule has 4 heteroatoms. The Balaban J connectivity index is 1.97. The van der Waals surface area contributed by atoms with Crippen molar-refractivity contribution in [1.29, 1.82) is 0 Å². The molecule has 1 fully saturated rings. The molecule has 0 saturated heterocycles. The van der Waals surface area contributed by atoms with Crippen LogP contribution in [0.15, 0.2) is 4.52 Å². The maximum absolute atomic E-state index is 5.89. The Kier molecular flexibility index (Phi) is 4.15. The van der Waals surface area contributed by atoms with E-state index >= 15 is 0 Å². The third-order valence-electron chi connectivity index (χ3n) is 3.75. The second kappa shape index (κ2) is 5.63. The normalized spacial score (nSPS) is 27.0. The first kappa shape index (κ1) is 12.6. The number of hydrogen-bond donors (Lipinski definition) is 1. The van der Waals surface area contributed by atoms with Gasteiger partial charge < -0.3 is 10.3 Å². The third-order valence-corrected chi connectivity index (χ3v) is 3.75. The molecular weight excluding hydrogens is 214 g/mol. The van der Waals surface area contributed by atoms with Gasteiger partial charge in [0.25, 0.3) is 0 Å². The van der Waals surface area contributed by atoms with Crippen LogP contribution in [0.3, 0.4) is 0 Å². The Morgan fingerprint density at radius 2 is 2.29 bits per heavy atom. The van der Waals surface area contributed by atoms with Gasteiger partial charge in [0, 0.05) is 18.4 Å². The van der Waals surface area contributed by atoms with Crippen LogP contribution >= 0.6 is 0 Å². The molecule has 2 rings (SSSR count). The molecule has 17 heavy (non-hydrogen) atoms. The van der Waals surface area contributed by atoms with E-state index in [0.29, 0.717) is 18.2 Å². The number of nitrogens with two attached hydrogens (primary N) is 1. The number of hydrogen-bond acceptors (Lipinski definition) is 4. The van der Waals surface area contributed by atoms with Gasteiger partial charge in [-0.3, -0.25) is 0 Å². The molecule has 0 radical (unpaired) electrons. The molecule has 0 aliphatic heterocycles. The summed E-state index contributed by atoms with van der Waals surface area (Å²) in [7, 11) is 0. The zero-order valence-electron chi connectivity index (χ0n) is 10.9. The van der Waals surface area contributed by atoms with Gasteiger partial charge >= 0.3 is 0 Å². The van der Waals surface area contributed by atoms with Crippen molar-refractivity contribution in [3.05, 3.63) is 11.7 Å². The van der Waals surface area contributed by atoms with E-state index in [1.165, 1.54) is 25.7 Å². The molecule has 96 valence electrons. The highest BCUT2D eigenvalue weighted by molar-refractivity contribution is 4.98. The first-order valence-corrected chi connectivity index (χ1v) is 6.77. The van der Waals surface area contributed by atoms with Crippen molar-refractivity contribution in [2.45, 2.75) is 64.3 Å². The van der Waals surface area contributed by atoms with E-state index in [4.69, 9.17) is 10.3 Å². The third kappa shape index (κ3) is 3.28. The van der Waals surface area contributed by atoms with Crippen LogP contribution in [0.25, 0.3) is 0 Å². The summed E-state index contributed by atoms with van der Waals surface area (Å²) in [5.41, 5.74) is 5.89. The molecule has 2 N–H and O–H groups in total. The van der Waals surface area contributed by atoms with Gasteiger partial charge in [0.1, 0.15) is 0 Å². The van der Waals surface area contributed by atoms with Crippen molar-refractivity contribution in [1.82, 2.24) is 10.1 Å². The fraction of sp³-hybridized carbons (Fsp3) is 0.846. The van der Waals surface area contributed by atoms with E-state index in [1.54, 1.807) is 0 Å². The minimum Gasteiger partial charge on any atom is -0.339 e. The van der Waals surface area contributed by atoms with Crippen LogP contribution in [0.4, 0.5) is 0 Å². The van der Waals surface area contributed by atoms with Crippen LogP contribution in [0.5, 0.6) is 0 Å². The summed E-state index contributed by atoms with van der Waals surface area (Å²) >= 11 is 0. The maximum atomic E-state index is 5.89. The molecule has 3 unspecified atom stereocenters. The molecule has 0 bridgehead atoms. The number of rotatable bonds is 4. The topological polar surface area (TPSA) is 64.9 Å². The molecule has 1 aromatic rings. The molecule has 1 aliphatic carbocycles. The van der Waals surface area contributed by atoms with Gasteiger partial charge in [0.2, 0.25) is 5.89 Å². The summed E-state index contributed by atoms with van der Waals surface area (Å²) < 4.78 is 5.28. The van der Waals surface area contributed by atoms with Crippen LogP contribution in [0, 0.1) is 5.92 Å². The summed E-state index contributed by atoms with van der Waals surface area (Å²) in [5, 5.41) is 4.12. The number of nitrogens with zero attached hydrogens (tertiary/aromatic N) is 2. The zero-order valence-corrected chi connectivity index (χ0v) is 10.9. The summed E-state index contributed by atoms with van der Waals surface area (Å²) in [4.78, 5) is 4.50. The fourth-order valence-electron chi connectivity index (χ4n) is 2.55. The first-order valence-electron chi connectivity index (χ1n) is 6.77. The average molecular weight is 237 g/mol. The van der Waals surface area contributed by atoms with Crippen molar-refractivity contribution in [3.63, 3.8) is 0 Å². The Labute approximate surface area is 103 Å². The summed E-state index contributed by atoms with van der Waals surface area (Å²) in [6.45, 7) is 4.38. The fourth-order valence-corrected chi connectivity index (χ4v) is 2.55. The first-order chi connectivity index (χ1) is 8.19. The van der Waals surface area contributed by atoms with E-state index in [9.17, 15) is 0 Å². The van der Waals surface area contributed by atoms with Gasteiger partial charge in [0.05, 0.1) is 0 Å². The Hall–Kier alpha value is -0.900. The molecule has 0 spiro atoms. The molecule has 4 nitrogen and oxygen atoms in total. The summed E-state index contributed by atoms with van der Waals surface area (Å²) in [6.07, 6.45) is 6.65. The second-order valence-corrected chi connectivity index (χ2v) is 5.39. The minimum atomic E-state index is 0.133. The Morgan fingerprint density at radius 3 is 3.00 bits per heavy atom. The zero-order chi connectivity index (χ0) is 12.3. The molecule has 1 saturated carbocycles. The highest BCUT2D eigenvalue weighted by Crippen LogP contribution is 2.34. The van der Waals surface area contributed by atoms with E-state index < -0.39 is 0 Å². The van der Waals surface area contributed by atoms with Crippen LogP contribution in [0.1, 0.15) is 63.6 Å². The second-order valence-electron chi connectivity index (χ2n) is 5.39. The lowest BCUT2D eigenvalue weighted by atomic mass is 9.82. The monoisotopic (exact) mass is 237 g/mol. The van der Waals surface area contributed by atoms with Crippen molar-refractivity contribution in [3.8, 4) is 0 Å². The minimum absolute atomic E-state index is 0.133. The maximum Gasteiger partial charge on any atom is 0.228 e. The molecule has 1 aromatic heterocycles. The van der Waals surface area contributed by atoms with Crippen LogP contribution in [0.2, 0.25) is 0 Å². The van der Waals surface area contributed by atoms with E-state index in [0.717, 1.165) is 18.2 Å². The Morgan fingerprint density at radius 1 is 1.47 bits per heavy atom. The van der Waals surface area contributed by atoms with Crippen molar-refractivity contribution >= 4 is 0 Å². The van der Waals surface area contributed by atoms with Crippen LogP contribution in [-0.2, 0) is 6.42 Å². The average Bonchev–Trinajstić information content (AvgIpc) is 2.77. The molecule has 0 amide bonds. The lowest BCUT2D eigenvalue weighted by Crippen LogP contribution is -2.21. The molecule has 0 aromatic carbocycles. The van der Waals surface area contributed by atoms with Crippen LogP contribution in [-0.4, -0.2) is 16.2 Å². The predicted octanol–water partition coefficient (Wildman–Crippen LogP) is 2.64. The number of aromatic nitrogens is 2. The smallest absolute Gasteiger partial charge is 0.228 e. The summed E-state index contributed by atoms with van der Waals surface area (Å²) in [6, 6.07) is 0.133. The Bertz CT molecular complexity index is 350. The van der Waals surface area contributed by atoms with Gasteiger partial charge in [-0.1, -0.05) is 31.8 Å². The molecule has 3 atom stereocenters. The van der Waals surface area contributed by atoms with Gasteiger partial charge in [-0.2, -0.15) is 4.98 Å². The molecular formula is C13H23N3O. The van der Waals surface area contributed by atoms with Crippen LogP contribution < -0.4 is 5.73 Å². The van der Waals surface area contributed by atoms with Crippen molar-refractivity contribution < 1.29 is 4.52 Å². The predicted molar refractivity (Wildman–Crippen MR) is 66.6 cm³/mol. The SMILES string of the molecule is CCC(N)Cc1nc(C2CCCC(C)C2)no1. The highest BCUT2D eigenvalue weighted by Gasteiger charge is 2.24. The summed E-state index contributed by atoms with van der Waals surface area (Å²) in [5.74, 6) is 2.88. The van der Waals surface area contributed by atoms with Crippen molar-refractivity contribution in [2.24, 2.45) is 11.7 Å². The van der Waals surface area contributed by atoms with Gasteiger partial charge in [-0.25, -0.2) is 0 Å². The van der Waals surface area contributed by atoms with E-state index in [1.807, 2.05) is 0 Å². The van der Waals surface area contributed by atoms with Gasteiger partial charge in [0.15, 0.2) is 5.82 Å². The largest absolute Gasteiger partial charge is 0.339 e. The lowest BCUT2D eigenvalue weighted by molar-refractivity contribution is 0.318. The van der Waals surface area contributed by atoms with Gasteiger partial charge in [-0.05, 0) is 25.2 Å². The van der Waals surface area contributed by atoms with Crippen molar-refractivity contribution in [2.75, 3.05) is 0 Å². The molecule has 1 aliphatic rings. The van der Waals surface area contributed by atoms with E-state index in [-0.39, 0.29) is 6.04 Å². The quantitative estimate of drug-likeness (QED) is 0.874.